The number of aliphatic imine (C=N–C) groups is 2. The monoisotopic (exact) mass is 1790 g/mol. The number of hydrogen-bond acceptors (Lipinski definition) is 26. The number of aromatic hydroxyl groups is 4. The average molecular weight is 1800 g/mol. The first kappa shape index (κ1) is 80.0. The van der Waals surface area contributed by atoms with Crippen LogP contribution in [0.3, 0.4) is 0 Å². The van der Waals surface area contributed by atoms with Crippen LogP contribution >= 0.6 is 110 Å². The largest absolute Gasteiger partial charge is 0.506 e. The number of rotatable bonds is 15. The van der Waals surface area contributed by atoms with Crippen LogP contribution in [0.1, 0.15) is 21.5 Å². The van der Waals surface area contributed by atoms with Crippen molar-refractivity contribution < 1.29 is 64.0 Å². The number of nitro groups is 5. The molecule has 0 bridgehead atoms. The number of ether oxygens (including phenoxy) is 3. The minimum Gasteiger partial charge on any atom is -0.506 e. The number of benzene rings is 7. The molecule has 0 aliphatic heterocycles. The number of fused-ring (bicyclic) bond motifs is 3. The van der Waals surface area contributed by atoms with Gasteiger partial charge in [-0.15, -0.1) is 0 Å². The third-order valence-electron chi connectivity index (χ3n) is 13.9. The number of hydrogen-bond donors (Lipinski definition) is 4. The van der Waals surface area contributed by atoms with Crippen LogP contribution < -0.4 is 14.2 Å². The van der Waals surface area contributed by atoms with Crippen LogP contribution in [0.25, 0.3) is 32.7 Å². The van der Waals surface area contributed by atoms with Crippen LogP contribution in [0.5, 0.6) is 51.7 Å². The molecule has 0 aliphatic rings. The quantitative estimate of drug-likeness (QED) is 0.0185. The van der Waals surface area contributed by atoms with Crippen molar-refractivity contribution in [2.45, 2.75) is 0 Å². The highest BCUT2D eigenvalue weighted by atomic mass is 79.9. The average Bonchev–Trinajstić information content (AvgIpc) is 0.768. The number of para-hydroxylation sites is 1. The summed E-state index contributed by atoms with van der Waals surface area (Å²) in [5, 5.41) is 96.3. The molecular formula is C69H39Br4Cl4N13O18. The molecule has 39 heteroatoms. The van der Waals surface area contributed by atoms with Crippen LogP contribution in [0.4, 0.5) is 39.9 Å². The Bertz CT molecular complexity index is 5770. The first-order valence-corrected chi connectivity index (χ1v) is 34.3. The number of phenolic OH excluding ortho intramolecular Hbond substituents is 3. The van der Waals surface area contributed by atoms with E-state index in [2.05, 4.69) is 104 Å². The summed E-state index contributed by atoms with van der Waals surface area (Å²) in [5.74, 6) is -0.467. The van der Waals surface area contributed by atoms with Crippen molar-refractivity contribution in [3.63, 3.8) is 0 Å². The smallest absolute Gasteiger partial charge is 0.343 e. The molecule has 13 rings (SSSR count). The van der Waals surface area contributed by atoms with E-state index in [9.17, 15) is 75.8 Å². The van der Waals surface area contributed by atoms with Gasteiger partial charge in [0.2, 0.25) is 11.5 Å². The molecule has 0 radical (unpaired) electrons. The molecule has 7 aromatic carbocycles. The molecule has 13 aromatic rings. The number of pyridine rings is 6. The molecule has 0 saturated carbocycles. The molecule has 0 aliphatic carbocycles. The summed E-state index contributed by atoms with van der Waals surface area (Å²) in [7, 11) is 0. The van der Waals surface area contributed by atoms with Gasteiger partial charge >= 0.3 is 17.3 Å². The van der Waals surface area contributed by atoms with E-state index in [4.69, 9.17) is 60.6 Å². The molecular weight excluding hydrogens is 1760 g/mol. The van der Waals surface area contributed by atoms with Crippen molar-refractivity contribution in [2.75, 3.05) is 0 Å². The maximum Gasteiger partial charge on any atom is 0.343 e. The van der Waals surface area contributed by atoms with Crippen LogP contribution in [0.15, 0.2) is 229 Å². The summed E-state index contributed by atoms with van der Waals surface area (Å²) >= 11 is 36.7. The Balaban J connectivity index is 0.000000157. The fourth-order valence-corrected chi connectivity index (χ4v) is 11.9. The Morgan fingerprint density at radius 1 is 0.481 bits per heavy atom. The molecule has 6 aromatic heterocycles. The number of carbonyl (C=O) groups excluding carboxylic acids is 1. The van der Waals surface area contributed by atoms with Gasteiger partial charge in [-0.1, -0.05) is 92.7 Å². The molecule has 4 N–H and O–H groups in total. The van der Waals surface area contributed by atoms with Crippen molar-refractivity contribution in [1.82, 2.24) is 29.9 Å². The van der Waals surface area contributed by atoms with E-state index in [1.165, 1.54) is 135 Å². The minimum absolute atomic E-state index is 0.0350. The molecule has 6 heterocycles. The molecule has 0 spiro atoms. The van der Waals surface area contributed by atoms with Gasteiger partial charge in [0, 0.05) is 142 Å². The number of non-ortho nitro benzene ring substituents is 3. The maximum atomic E-state index is 12.4. The molecule has 0 fully saturated rings. The van der Waals surface area contributed by atoms with Gasteiger partial charge in [-0.3, -0.25) is 75.5 Å². The number of esters is 1. The zero-order valence-corrected chi connectivity index (χ0v) is 62.9. The highest BCUT2D eigenvalue weighted by Gasteiger charge is 2.24. The Morgan fingerprint density at radius 2 is 1.09 bits per heavy atom. The zero-order chi connectivity index (χ0) is 78.0. The van der Waals surface area contributed by atoms with E-state index in [0.717, 1.165) is 26.8 Å². The number of halogens is 8. The van der Waals surface area contributed by atoms with Crippen molar-refractivity contribution in [2.24, 2.45) is 9.98 Å². The van der Waals surface area contributed by atoms with Gasteiger partial charge in [-0.05, 0) is 108 Å². The molecule has 0 unspecified atom stereocenters. The standard InChI is InChI=1S/C16H8Br2N2O4.C16H8BrCl2N3O4.C16H10ClN3O3.C12H8BrN3O4.C9H5ClN2O3/c17-12-8-13(18)15(14-11(12)5-2-6-19-14)24-16(21)9-3-1-4-10(7-9)20(22)23;17-13-3-14(22(23)24)16(26-12-2-10(19)6-21-8-12)4-15(13)25-11-1-9(18)5-20-7-11;17-16-11(7-10-3-1-2-4-13(10)19-16)9-18-14-8-12(20(22)23)5-6-15(14)21;13-9-5-8(16(19)20)4-7(11(9)18)6-15-12-10(17)2-1-3-14-12;10-6-4-7(12(14)15)9(13)8-5(6)2-1-3-11-8/h1-8H;1-8H;1-9,21H;1-6,17-18H;1-4,13H. The van der Waals surface area contributed by atoms with E-state index in [-0.39, 0.29) is 106 Å². The third kappa shape index (κ3) is 20.9. The first-order chi connectivity index (χ1) is 51.5. The number of carbonyl (C=O) groups is 1. The van der Waals surface area contributed by atoms with Crippen molar-refractivity contribution in [3.8, 4) is 51.7 Å². The molecule has 0 atom stereocenters. The number of aromatic nitrogens is 6. The SMILES string of the molecule is O=C(Oc1c(Br)cc(Br)c2cccnc12)c1cccc([N+](=O)[O-])c1.O=[N+]([O-])c1cc(Br)c(O)c(C=Nc2ncccc2O)c1.O=[N+]([O-])c1cc(Br)c(Oc2cncc(Cl)c2)cc1Oc1cncc(Cl)c1.O=[N+]([O-])c1cc(Cl)c2cccnc2c1O.O=[N+]([O-])c1ccc(O)c(N=Cc2cc3ccccc3nc2Cl)c1. The topological polar surface area (TPSA) is 443 Å². The first-order valence-electron chi connectivity index (χ1n) is 29.6. The van der Waals surface area contributed by atoms with Crippen molar-refractivity contribution in [3.05, 3.63) is 306 Å². The second-order valence-corrected chi connectivity index (χ2v) is 26.1. The zero-order valence-electron chi connectivity index (χ0n) is 53.5. The lowest BCUT2D eigenvalue weighted by Crippen LogP contribution is -2.10. The summed E-state index contributed by atoms with van der Waals surface area (Å²) in [5.41, 5.74) is 1.03. The van der Waals surface area contributed by atoms with E-state index in [0.29, 0.717) is 41.2 Å². The van der Waals surface area contributed by atoms with E-state index >= 15 is 0 Å². The number of nitro benzene ring substituents is 5. The van der Waals surface area contributed by atoms with Crippen molar-refractivity contribution >= 4 is 201 Å². The van der Waals surface area contributed by atoms with Crippen LogP contribution in [0.2, 0.25) is 20.2 Å². The van der Waals surface area contributed by atoms with Gasteiger partial charge in [0.15, 0.2) is 17.3 Å². The third-order valence-corrected chi connectivity index (χ3v) is 17.4. The Labute approximate surface area is 658 Å². The van der Waals surface area contributed by atoms with Gasteiger partial charge in [0.25, 0.3) is 17.1 Å². The maximum absolute atomic E-state index is 12.4. The van der Waals surface area contributed by atoms with Gasteiger partial charge in [-0.25, -0.2) is 19.8 Å². The summed E-state index contributed by atoms with van der Waals surface area (Å²) < 4.78 is 18.6. The molecule has 108 heavy (non-hydrogen) atoms. The fraction of sp³-hybridized carbons (Fsp3) is 0. The Morgan fingerprint density at radius 3 is 1.74 bits per heavy atom. The van der Waals surface area contributed by atoms with Gasteiger partial charge in [0.1, 0.15) is 50.6 Å². The second-order valence-electron chi connectivity index (χ2n) is 21.0. The molecule has 0 saturated heterocycles. The summed E-state index contributed by atoms with van der Waals surface area (Å²) in [6, 6.07) is 39.0. The summed E-state index contributed by atoms with van der Waals surface area (Å²) in [6.45, 7) is 0. The molecule has 31 nitrogen and oxygen atoms in total. The fourth-order valence-electron chi connectivity index (χ4n) is 8.93. The van der Waals surface area contributed by atoms with Crippen LogP contribution in [-0.2, 0) is 0 Å². The Hall–Kier alpha value is -12.1. The number of phenols is 3. The lowest BCUT2D eigenvalue weighted by molar-refractivity contribution is -0.385. The molecule has 544 valence electrons. The van der Waals surface area contributed by atoms with E-state index in [1.54, 1.807) is 36.5 Å². The summed E-state index contributed by atoms with van der Waals surface area (Å²) in [4.78, 5) is 95.6. The highest BCUT2D eigenvalue weighted by molar-refractivity contribution is 9.11. The summed E-state index contributed by atoms with van der Waals surface area (Å²) in [6.07, 6.45) is 12.8. The molecule has 0 amide bonds. The predicted octanol–water partition coefficient (Wildman–Crippen LogP) is 20.6. The van der Waals surface area contributed by atoms with Gasteiger partial charge in [0.05, 0.1) is 76.6 Å². The van der Waals surface area contributed by atoms with Crippen molar-refractivity contribution in [1.29, 1.82) is 0 Å². The minimum atomic E-state index is -0.700. The van der Waals surface area contributed by atoms with Gasteiger partial charge < -0.3 is 34.6 Å². The predicted molar refractivity (Wildman–Crippen MR) is 414 cm³/mol. The lowest BCUT2D eigenvalue weighted by Gasteiger charge is -2.11. The lowest BCUT2D eigenvalue weighted by atomic mass is 10.2. The van der Waals surface area contributed by atoms with Gasteiger partial charge in [-0.2, -0.15) is 0 Å². The Kier molecular flexibility index (Phi) is 27.2. The van der Waals surface area contributed by atoms with Crippen LogP contribution in [-0.4, -0.2) is 93.3 Å². The van der Waals surface area contributed by atoms with Crippen LogP contribution in [0, 0.1) is 50.6 Å². The normalized spacial score (nSPS) is 10.7. The number of nitrogens with zero attached hydrogens (tertiary/aromatic N) is 13. The second kappa shape index (κ2) is 36.8. The van der Waals surface area contributed by atoms with E-state index < -0.39 is 42.0 Å². The highest BCUT2D eigenvalue weighted by Crippen LogP contribution is 2.44. The van der Waals surface area contributed by atoms with E-state index in [1.807, 2.05) is 36.4 Å².